The highest BCUT2D eigenvalue weighted by molar-refractivity contribution is 6.13. The molecule has 178 valence electrons. The molecule has 0 atom stereocenters. The zero-order chi connectivity index (χ0) is 24.2. The number of carbonyl (C=O) groups is 1. The van der Waals surface area contributed by atoms with Gasteiger partial charge in [-0.25, -0.2) is 14.5 Å². The summed E-state index contributed by atoms with van der Waals surface area (Å²) in [4.78, 5) is 12.6. The van der Waals surface area contributed by atoms with Gasteiger partial charge in [0.1, 0.15) is 11.5 Å². The average Bonchev–Trinajstić information content (AvgIpc) is 3.54. The molecule has 1 aromatic heterocycles. The van der Waals surface area contributed by atoms with Gasteiger partial charge in [-0.1, -0.05) is 36.4 Å². The largest absolute Gasteiger partial charge is 0.304 e. The molecule has 0 spiro atoms. The summed E-state index contributed by atoms with van der Waals surface area (Å²) in [5, 5.41) is 12.1. The van der Waals surface area contributed by atoms with E-state index >= 15 is 0 Å². The molecule has 2 aromatic carbocycles. The second-order valence-electron chi connectivity index (χ2n) is 8.50. The van der Waals surface area contributed by atoms with Crippen molar-refractivity contribution < 1.29 is 9.18 Å². The van der Waals surface area contributed by atoms with E-state index in [0.717, 1.165) is 41.1 Å². The molecule has 1 aliphatic carbocycles. The van der Waals surface area contributed by atoms with E-state index in [1.54, 1.807) is 24.4 Å². The molecule has 2 aliphatic rings. The monoisotopic (exact) mass is 470 g/mol. The lowest BCUT2D eigenvalue weighted by Gasteiger charge is -2.30. The number of nitrogens with one attached hydrogen (secondary N) is 1. The zero-order valence-electron chi connectivity index (χ0n) is 19.6. The second kappa shape index (κ2) is 10.1. The van der Waals surface area contributed by atoms with Gasteiger partial charge in [0, 0.05) is 25.9 Å². The van der Waals surface area contributed by atoms with Gasteiger partial charge in [0.15, 0.2) is 0 Å². The Hall–Kier alpha value is -4.04. The first-order valence-corrected chi connectivity index (χ1v) is 11.7. The summed E-state index contributed by atoms with van der Waals surface area (Å²) >= 11 is 0. The van der Waals surface area contributed by atoms with Crippen molar-refractivity contribution in [2.24, 2.45) is 5.10 Å². The van der Waals surface area contributed by atoms with Gasteiger partial charge in [-0.15, -0.1) is 0 Å². The molecule has 3 aromatic rings. The van der Waals surface area contributed by atoms with Gasteiger partial charge < -0.3 is 5.01 Å². The summed E-state index contributed by atoms with van der Waals surface area (Å²) in [5.41, 5.74) is 8.58. The second-order valence-corrected chi connectivity index (χ2v) is 8.50. The number of hydrazone groups is 1. The molecule has 0 fully saturated rings. The van der Waals surface area contributed by atoms with Crippen molar-refractivity contribution in [1.82, 2.24) is 20.2 Å². The molecule has 0 unspecified atom stereocenters. The van der Waals surface area contributed by atoms with Crippen molar-refractivity contribution >= 4 is 17.3 Å². The normalized spacial score (nSPS) is 15.7. The lowest BCUT2D eigenvalue weighted by atomic mass is 9.96. The van der Waals surface area contributed by atoms with Crippen LogP contribution in [-0.4, -0.2) is 33.5 Å². The summed E-state index contributed by atoms with van der Waals surface area (Å²) in [6.07, 6.45) is 10.7. The van der Waals surface area contributed by atoms with Crippen LogP contribution in [0.3, 0.4) is 0 Å². The maximum absolute atomic E-state index is 14.2. The van der Waals surface area contributed by atoms with Crippen LogP contribution in [0.15, 0.2) is 95.5 Å². The van der Waals surface area contributed by atoms with Crippen LogP contribution in [0.2, 0.25) is 0 Å². The van der Waals surface area contributed by atoms with E-state index in [9.17, 15) is 9.18 Å². The highest BCUT2D eigenvalue weighted by Crippen LogP contribution is 2.30. The third-order valence-corrected chi connectivity index (χ3v) is 6.14. The van der Waals surface area contributed by atoms with Gasteiger partial charge in [0.05, 0.1) is 30.1 Å². The number of allylic oxidation sites excluding steroid dienone is 3. The number of hydrazine groups is 1. The number of anilines is 1. The maximum atomic E-state index is 14.2. The first kappa shape index (κ1) is 22.7. The number of rotatable bonds is 8. The molecule has 5 rings (SSSR count). The van der Waals surface area contributed by atoms with E-state index in [4.69, 9.17) is 0 Å². The molecular weight excluding hydrogens is 443 g/mol. The Morgan fingerprint density at radius 2 is 1.86 bits per heavy atom. The molecule has 1 amide bonds. The minimum atomic E-state index is -0.455. The average molecular weight is 471 g/mol. The topological polar surface area (TPSA) is 65.8 Å². The van der Waals surface area contributed by atoms with Crippen molar-refractivity contribution in [3.63, 3.8) is 0 Å². The van der Waals surface area contributed by atoms with Gasteiger partial charge in [-0.05, 0) is 54.3 Å². The van der Waals surface area contributed by atoms with E-state index in [-0.39, 0.29) is 18.0 Å². The van der Waals surface area contributed by atoms with Crippen LogP contribution in [-0.2, 0) is 11.3 Å². The number of halogens is 1. The predicted octanol–water partition coefficient (Wildman–Crippen LogP) is 4.73. The number of amides is 1. The number of benzene rings is 2. The van der Waals surface area contributed by atoms with E-state index in [1.807, 2.05) is 24.0 Å². The van der Waals surface area contributed by atoms with Crippen molar-refractivity contribution in [2.45, 2.75) is 32.2 Å². The smallest absolute Gasteiger partial charge is 0.253 e. The van der Waals surface area contributed by atoms with Gasteiger partial charge in [0.2, 0.25) is 0 Å². The van der Waals surface area contributed by atoms with E-state index in [0.29, 0.717) is 13.0 Å². The molecule has 8 heteroatoms. The minimum absolute atomic E-state index is 0.188. The van der Waals surface area contributed by atoms with Gasteiger partial charge in [-0.2, -0.15) is 15.2 Å². The lowest BCUT2D eigenvalue weighted by molar-refractivity contribution is -0.116. The highest BCUT2D eigenvalue weighted by Gasteiger charge is 2.28. The van der Waals surface area contributed by atoms with Crippen molar-refractivity contribution in [3.05, 3.63) is 102 Å². The number of carbonyl (C=O) groups excluding carboxylic acids is 1. The van der Waals surface area contributed by atoms with E-state index in [2.05, 4.69) is 57.1 Å². The summed E-state index contributed by atoms with van der Waals surface area (Å²) in [5.74, 6) is -0.668. The molecule has 1 aliphatic heterocycles. The molecule has 1 N–H and O–H groups in total. The molecule has 35 heavy (non-hydrogen) atoms. The van der Waals surface area contributed by atoms with Crippen LogP contribution in [0.5, 0.6) is 0 Å². The fourth-order valence-electron chi connectivity index (χ4n) is 4.41. The van der Waals surface area contributed by atoms with Crippen molar-refractivity contribution in [2.75, 3.05) is 12.1 Å². The highest BCUT2D eigenvalue weighted by atomic mass is 19.1. The maximum Gasteiger partial charge on any atom is 0.253 e. The summed E-state index contributed by atoms with van der Waals surface area (Å²) in [6.45, 7) is 0.672. The van der Waals surface area contributed by atoms with Crippen LogP contribution in [0.1, 0.15) is 31.2 Å². The summed E-state index contributed by atoms with van der Waals surface area (Å²) in [6, 6.07) is 16.4. The molecule has 0 radical (unpaired) electrons. The Bertz CT molecular complexity index is 1290. The van der Waals surface area contributed by atoms with E-state index in [1.165, 1.54) is 11.1 Å². The number of nitrogens with zero attached hydrogens (tertiary/aromatic N) is 5. The molecule has 2 heterocycles. The Kier molecular flexibility index (Phi) is 6.54. The number of hydrogen-bond donors (Lipinski definition) is 1. The third-order valence-electron chi connectivity index (χ3n) is 6.14. The quantitative estimate of drug-likeness (QED) is 0.483. The van der Waals surface area contributed by atoms with Crippen LogP contribution in [0.25, 0.3) is 5.69 Å². The van der Waals surface area contributed by atoms with Crippen molar-refractivity contribution in [3.8, 4) is 5.69 Å². The molecular formula is C27H27FN6O. The first-order chi connectivity index (χ1) is 17.1. The fraction of sp³-hybridized carbons (Fsp3) is 0.222. The number of hydrogen-bond acceptors (Lipinski definition) is 5. The van der Waals surface area contributed by atoms with Gasteiger partial charge >= 0.3 is 0 Å². The lowest BCUT2D eigenvalue weighted by Crippen LogP contribution is -2.35. The Morgan fingerprint density at radius 3 is 2.60 bits per heavy atom. The van der Waals surface area contributed by atoms with Crippen LogP contribution in [0.4, 0.5) is 10.1 Å². The number of aromatic nitrogens is 2. The van der Waals surface area contributed by atoms with Crippen LogP contribution in [0, 0.1) is 5.82 Å². The minimum Gasteiger partial charge on any atom is -0.304 e. The molecule has 7 nitrogen and oxygen atoms in total. The Morgan fingerprint density at radius 1 is 1.06 bits per heavy atom. The first-order valence-electron chi connectivity index (χ1n) is 11.7. The van der Waals surface area contributed by atoms with Crippen LogP contribution < -0.4 is 10.4 Å². The summed E-state index contributed by atoms with van der Waals surface area (Å²) in [7, 11) is 1.90. The molecule has 0 saturated carbocycles. The summed E-state index contributed by atoms with van der Waals surface area (Å²) < 4.78 is 16.1. The Labute approximate surface area is 203 Å². The molecule has 0 bridgehead atoms. The SMILES string of the molecule is CNN(Cc1ccc(-n2cccn2)cc1)C1=CCCC=C1CC1=NN(c2ccccc2F)C(=O)C1. The predicted molar refractivity (Wildman–Crippen MR) is 134 cm³/mol. The van der Waals surface area contributed by atoms with Crippen LogP contribution >= 0.6 is 0 Å². The molecule has 0 saturated heterocycles. The fourth-order valence-corrected chi connectivity index (χ4v) is 4.41. The standard InChI is InChI=1S/C27H27FN6O/c1-29-33(19-20-11-13-23(14-12-20)32-16-6-15-30-32)25-9-4-2-7-21(25)17-22-18-27(35)34(31-22)26-10-5-3-8-24(26)28/h3,5-16,29H,2,4,17-19H2,1H3. The van der Waals surface area contributed by atoms with E-state index < -0.39 is 5.82 Å². The van der Waals surface area contributed by atoms with Gasteiger partial charge in [-0.3, -0.25) is 4.79 Å². The number of para-hydroxylation sites is 1. The third kappa shape index (κ3) is 4.93. The zero-order valence-corrected chi connectivity index (χ0v) is 19.6. The van der Waals surface area contributed by atoms with Gasteiger partial charge in [0.25, 0.3) is 5.91 Å². The Balaban J connectivity index is 1.31. The van der Waals surface area contributed by atoms with Crippen molar-refractivity contribution in [1.29, 1.82) is 0 Å².